The fourth-order valence-corrected chi connectivity index (χ4v) is 20.7. The third kappa shape index (κ3) is 19.2. The van der Waals surface area contributed by atoms with Crippen molar-refractivity contribution in [3.63, 3.8) is 0 Å². The molecule has 99 heavy (non-hydrogen) atoms. The third-order valence-corrected chi connectivity index (χ3v) is 25.1. The van der Waals surface area contributed by atoms with Crippen LogP contribution in [0.2, 0.25) is 0 Å². The molecule has 8 fully saturated rings. The zero-order valence-electron chi connectivity index (χ0n) is 62.9. The largest absolute Gasteiger partial charge is 1.00 e. The van der Waals surface area contributed by atoms with E-state index in [4.69, 9.17) is 28.4 Å². The van der Waals surface area contributed by atoms with E-state index in [9.17, 15) is 28.8 Å². The molecule has 543 valence electrons. The average molecular weight is 1380 g/mol. The van der Waals surface area contributed by atoms with Crippen molar-refractivity contribution >= 4 is 49.4 Å². The first-order chi connectivity index (χ1) is 46.0. The Labute approximate surface area is 615 Å². The van der Waals surface area contributed by atoms with Gasteiger partial charge in [-0.2, -0.15) is 6.92 Å². The first-order valence-corrected chi connectivity index (χ1v) is 36.6. The molecule has 4 heterocycles. The van der Waals surface area contributed by atoms with E-state index >= 15 is 0 Å². The first-order valence-electron chi connectivity index (χ1n) is 36.6. The van der Waals surface area contributed by atoms with Gasteiger partial charge in [0.1, 0.15) is 5.60 Å². The van der Waals surface area contributed by atoms with Crippen molar-refractivity contribution in [1.29, 1.82) is 0 Å². The standard InChI is InChI=1S/C35H54N2O4.C28H41NO2.C10H13NO2.C4H6O3.C2H3O.BO.Na.H2O/c1-21-16-30-31(37(20-21)15-14-36-32(39)41-33(4,5)6)23(3)35(40-30)13-11-26-27-9-8-24-17-25(38)10-12-34(24,7)29(27)18-28(26)22(2)19-35;1-16-11-25-26(29-15-16)18(3)28(31-25)10-8-21-22-6-5-19-12-20(30)7-9-27(19,4)24(22)13-23(21)17(2)14-28;1-13-8-11-7-10(12)9-5-3-2-4-6-9;1-3(5)7-4(2)6;1-2-3;1-2;;/h17,21,23,26-27,29-31H,8-16,18-20H2,1-7H3,(H,36,39);12,16,18,21-22,24-26,29H,5-11,13-15H2,1-4H3;2-6,11H,7-8H2,1H3;1-2H3;1H3;;;1H2/q;;;;-1;;+1;/t21-,23+,26-,27-,29-,30+,31-,34-,35-;16-,18+,21-,22-,24-,25+,26-,27-,28-;;;;;;/m00....../s1. The molecule has 12 aliphatic rings. The number of esters is 2. The van der Waals surface area contributed by atoms with Crippen molar-refractivity contribution in [2.24, 2.45) is 70.0 Å². The van der Waals surface area contributed by atoms with Crippen molar-refractivity contribution in [3.05, 3.63) is 81.5 Å². The number of alkyl carbamates (subject to hydrolysis) is 1. The number of amides is 1. The number of ketones is 3. The van der Waals surface area contributed by atoms with Gasteiger partial charge in [0.15, 0.2) is 17.3 Å². The summed E-state index contributed by atoms with van der Waals surface area (Å²) in [7, 11) is 4.83. The number of hydrogen-bond donors (Lipinski definition) is 3. The van der Waals surface area contributed by atoms with Crippen molar-refractivity contribution in [3.8, 4) is 0 Å². The number of likely N-dealkylation sites (tertiary alicyclic amines) is 1. The molecule has 13 rings (SSSR count). The van der Waals surface area contributed by atoms with Crippen LogP contribution in [0.5, 0.6) is 0 Å². The molecule has 18 atom stereocenters. The predicted molar refractivity (Wildman–Crippen MR) is 380 cm³/mol. The number of ether oxygens (including phenoxy) is 5. The van der Waals surface area contributed by atoms with Gasteiger partial charge in [-0.15, -0.1) is 0 Å². The predicted octanol–water partition coefficient (Wildman–Crippen LogP) is 9.39. The molecular formula is C79H119BN4NaO14. The van der Waals surface area contributed by atoms with Crippen LogP contribution in [0, 0.1) is 70.0 Å². The molecule has 5 N–H and O–H groups in total. The van der Waals surface area contributed by atoms with Gasteiger partial charge in [-0.05, 0) is 214 Å². The monoisotopic (exact) mass is 1380 g/mol. The van der Waals surface area contributed by atoms with Crippen molar-refractivity contribution in [2.45, 2.75) is 254 Å². The molecule has 1 aromatic carbocycles. The number of nitrogens with zero attached hydrogens (tertiary/aromatic N) is 1. The average Bonchev–Trinajstić information content (AvgIpc) is 1.48. The van der Waals surface area contributed by atoms with Crippen molar-refractivity contribution in [1.82, 2.24) is 20.9 Å². The van der Waals surface area contributed by atoms with Crippen LogP contribution >= 0.6 is 0 Å². The number of Topliss-reactive ketones (excluding diaryl/α,β-unsaturated/α-hetero) is 1. The summed E-state index contributed by atoms with van der Waals surface area (Å²) in [5.74, 6) is 6.46. The maximum atomic E-state index is 12.3. The zero-order chi connectivity index (χ0) is 71.0. The van der Waals surface area contributed by atoms with E-state index in [0.29, 0.717) is 79.2 Å². The summed E-state index contributed by atoms with van der Waals surface area (Å²) in [5, 5.41) is 9.70. The van der Waals surface area contributed by atoms with Gasteiger partial charge < -0.3 is 44.6 Å². The van der Waals surface area contributed by atoms with Gasteiger partial charge >= 0.3 is 60.0 Å². The van der Waals surface area contributed by atoms with E-state index in [1.165, 1.54) is 89.6 Å². The number of rotatable bonds is 8. The Hall–Kier alpha value is -4.15. The molecule has 0 aromatic heterocycles. The Morgan fingerprint density at radius 3 is 1.72 bits per heavy atom. The second-order valence-corrected chi connectivity index (χ2v) is 32.4. The Balaban J connectivity index is 0.000000233. The number of carbonyl (C=O) groups is 6. The Morgan fingerprint density at radius 2 is 1.23 bits per heavy atom. The number of fused-ring (bicyclic) bond motifs is 12. The molecule has 4 saturated heterocycles. The van der Waals surface area contributed by atoms with Gasteiger partial charge in [-0.1, -0.05) is 105 Å². The van der Waals surface area contributed by atoms with Crippen LogP contribution < -0.4 is 45.5 Å². The molecule has 0 unspecified atom stereocenters. The maximum Gasteiger partial charge on any atom is 1.00 e. The van der Waals surface area contributed by atoms with E-state index in [1.54, 1.807) is 41.5 Å². The van der Waals surface area contributed by atoms with Gasteiger partial charge in [0.2, 0.25) is 0 Å². The van der Waals surface area contributed by atoms with Crippen LogP contribution in [-0.4, -0.2) is 147 Å². The van der Waals surface area contributed by atoms with Crippen LogP contribution in [0.3, 0.4) is 0 Å². The third-order valence-electron chi connectivity index (χ3n) is 25.1. The quantitative estimate of drug-likeness (QED) is 0.0320. The SMILES string of the molecule is CC(=O)OC(C)=O.CC1=C2C[C@H]3[C@@H](CCC4=CC(=O)CC[C@@]43C)[C@@H]2CC[C@@]2(C1)O[C@@H]1C[C@H](C)CN(CCNC(=O)OC(C)(C)C)[C@H]1[C@H]2C.CC1=C2C[C@H]3[C@@H](CCC4=CC(=O)CC[C@@]43C)[C@@H]2CC[C@@]2(C1)O[C@@H]1C[C@H](C)CN[C@H]1[C@H]2C.COCNCC(=O)c1ccccc1.C[C-]=O.O.[B]=O.[Na+]. The number of methoxy groups -OCH3 is 1. The van der Waals surface area contributed by atoms with Gasteiger partial charge in [0, 0.05) is 82.9 Å². The molecule has 1 amide bonds. The number of allylic oxidation sites excluding steroid dienone is 6. The minimum absolute atomic E-state index is 0. The van der Waals surface area contributed by atoms with Gasteiger partial charge in [0.25, 0.3) is 0 Å². The van der Waals surface area contributed by atoms with E-state index in [1.807, 2.05) is 51.1 Å². The molecule has 4 aliphatic heterocycles. The summed E-state index contributed by atoms with van der Waals surface area (Å²) in [5.41, 5.74) is 10.4. The topological polar surface area (TPSA) is 254 Å². The minimum Gasteiger partial charge on any atom is 1.00 e. The summed E-state index contributed by atoms with van der Waals surface area (Å²) in [6.45, 7) is 33.2. The smallest absolute Gasteiger partial charge is 1.00 e. The molecule has 18 nitrogen and oxygen atoms in total. The van der Waals surface area contributed by atoms with Crippen LogP contribution in [0.25, 0.3) is 0 Å². The summed E-state index contributed by atoms with van der Waals surface area (Å²) in [4.78, 5) is 78.9. The van der Waals surface area contributed by atoms with Gasteiger partial charge in [-0.3, -0.25) is 40.5 Å². The number of carbonyl (C=O) groups excluding carboxylic acids is 7. The fourth-order valence-electron chi connectivity index (χ4n) is 20.7. The van der Waals surface area contributed by atoms with E-state index < -0.39 is 17.5 Å². The minimum atomic E-state index is -0.562. The second kappa shape index (κ2) is 36.0. The molecule has 2 spiro atoms. The summed E-state index contributed by atoms with van der Waals surface area (Å²) < 4.78 is 36.2. The summed E-state index contributed by atoms with van der Waals surface area (Å²) >= 11 is 0. The molecule has 8 aliphatic carbocycles. The fraction of sp³-hybridized carbons (Fsp3) is 0.734. The van der Waals surface area contributed by atoms with Crippen LogP contribution in [0.4, 0.5) is 4.79 Å². The first kappa shape index (κ1) is 83.8. The Bertz CT molecular complexity index is 3120. The van der Waals surface area contributed by atoms with Crippen LogP contribution in [0.1, 0.15) is 223 Å². The van der Waals surface area contributed by atoms with E-state index in [0.717, 1.165) is 119 Å². The number of piperidine rings is 2. The van der Waals surface area contributed by atoms with Crippen LogP contribution in [-0.2, 0) is 52.4 Å². The molecule has 0 bridgehead atoms. The Kier molecular flexibility index (Phi) is 30.5. The molecule has 1 radical (unpaired) electrons. The van der Waals surface area contributed by atoms with Gasteiger partial charge in [-0.25, -0.2) is 4.79 Å². The van der Waals surface area contributed by atoms with Gasteiger partial charge in [0.05, 0.1) is 36.7 Å². The number of nitrogens with one attached hydrogen (secondary N) is 3. The van der Waals surface area contributed by atoms with Crippen molar-refractivity contribution in [2.75, 3.05) is 46.6 Å². The van der Waals surface area contributed by atoms with E-state index in [2.05, 4.69) is 88.7 Å². The molecule has 20 heteroatoms. The number of benzene rings is 1. The molecular weight excluding hydrogens is 1260 g/mol. The molecule has 4 saturated carbocycles. The number of hydrogen-bond acceptors (Lipinski definition) is 16. The zero-order valence-corrected chi connectivity index (χ0v) is 64.9. The second-order valence-electron chi connectivity index (χ2n) is 32.4. The van der Waals surface area contributed by atoms with Crippen LogP contribution in [0.15, 0.2) is 75.9 Å². The maximum absolute atomic E-state index is 12.3. The summed E-state index contributed by atoms with van der Waals surface area (Å²) in [6, 6.07) is 10.1. The van der Waals surface area contributed by atoms with E-state index in [-0.39, 0.29) is 75.0 Å². The Morgan fingerprint density at radius 1 is 0.737 bits per heavy atom. The van der Waals surface area contributed by atoms with Crippen molar-refractivity contribution < 1.29 is 97.0 Å². The molecule has 1 aromatic rings. The normalized spacial score (nSPS) is 35.9. The summed E-state index contributed by atoms with van der Waals surface area (Å²) in [6.07, 6.45) is 26.2.